The summed E-state index contributed by atoms with van der Waals surface area (Å²) in [5.41, 5.74) is 1.94. The minimum atomic E-state index is -0.427. The number of anilines is 1. The van der Waals surface area contributed by atoms with Crippen LogP contribution in [0.15, 0.2) is 54.6 Å². The van der Waals surface area contributed by atoms with Gasteiger partial charge in [-0.1, -0.05) is 48.0 Å². The number of thiocarbonyl (C=S) groups is 1. The van der Waals surface area contributed by atoms with Gasteiger partial charge in [0.05, 0.1) is 37.7 Å². The number of nitrogens with zero attached hydrogens (tertiary/aromatic N) is 1. The van der Waals surface area contributed by atoms with Crippen molar-refractivity contribution < 1.29 is 9.29 Å². The van der Waals surface area contributed by atoms with Gasteiger partial charge in [0, 0.05) is 5.69 Å². The van der Waals surface area contributed by atoms with E-state index in [4.69, 9.17) is 23.8 Å². The summed E-state index contributed by atoms with van der Waals surface area (Å²) in [5, 5.41) is 3.90. The van der Waals surface area contributed by atoms with Gasteiger partial charge in [-0.2, -0.15) is 0 Å². The van der Waals surface area contributed by atoms with Crippen LogP contribution in [0.2, 0.25) is 5.02 Å². The lowest BCUT2D eigenvalue weighted by atomic mass is 10.2. The van der Waals surface area contributed by atoms with Crippen molar-refractivity contribution in [1.82, 2.24) is 4.90 Å². The number of rotatable bonds is 4. The zero-order valence-electron chi connectivity index (χ0n) is 14.4. The summed E-state index contributed by atoms with van der Waals surface area (Å²) in [6.07, 6.45) is 4.40. The topological polar surface area (TPSA) is 19.7 Å². The van der Waals surface area contributed by atoms with E-state index in [1.807, 2.05) is 18.2 Å². The van der Waals surface area contributed by atoms with E-state index in [2.05, 4.69) is 34.5 Å². The number of piperazine rings is 1. The van der Waals surface area contributed by atoms with Crippen molar-refractivity contribution in [3.05, 3.63) is 71.0 Å². The first-order valence-corrected chi connectivity index (χ1v) is 9.46. The second-order valence-electron chi connectivity index (χ2n) is 6.31. The number of hydrogen-bond acceptors (Lipinski definition) is 1. The maximum atomic E-state index is 13.2. The van der Waals surface area contributed by atoms with Gasteiger partial charge in [-0.15, -0.1) is 0 Å². The van der Waals surface area contributed by atoms with Gasteiger partial charge in [0.1, 0.15) is 5.82 Å². The van der Waals surface area contributed by atoms with E-state index >= 15 is 0 Å². The Labute approximate surface area is 164 Å². The molecule has 0 atom stereocenters. The molecular weight excluding hydrogens is 369 g/mol. The summed E-state index contributed by atoms with van der Waals surface area (Å²) < 4.78 is 13.2. The molecule has 3 rings (SSSR count). The van der Waals surface area contributed by atoms with E-state index in [9.17, 15) is 4.39 Å². The molecule has 0 aliphatic carbocycles. The fourth-order valence-electron chi connectivity index (χ4n) is 2.93. The lowest BCUT2D eigenvalue weighted by Gasteiger charge is -2.33. The van der Waals surface area contributed by atoms with E-state index in [0.717, 1.165) is 32.7 Å². The average Bonchev–Trinajstić information content (AvgIpc) is 2.66. The molecule has 1 saturated heterocycles. The fourth-order valence-corrected chi connectivity index (χ4v) is 3.41. The molecule has 1 heterocycles. The van der Waals surface area contributed by atoms with Gasteiger partial charge < -0.3 is 15.1 Å². The van der Waals surface area contributed by atoms with Crippen molar-refractivity contribution in [2.45, 2.75) is 0 Å². The van der Waals surface area contributed by atoms with E-state index in [1.54, 1.807) is 17.0 Å². The normalized spacial score (nSPS) is 15.4. The summed E-state index contributed by atoms with van der Waals surface area (Å²) in [6.45, 7) is 4.87. The maximum absolute atomic E-state index is 13.2. The van der Waals surface area contributed by atoms with Crippen LogP contribution in [-0.2, 0) is 0 Å². The first kappa shape index (κ1) is 18.8. The van der Waals surface area contributed by atoms with Crippen LogP contribution in [0.3, 0.4) is 0 Å². The first-order chi connectivity index (χ1) is 12.6. The van der Waals surface area contributed by atoms with Crippen LogP contribution in [0.1, 0.15) is 5.56 Å². The predicted octanol–water partition coefficient (Wildman–Crippen LogP) is 3.09. The van der Waals surface area contributed by atoms with Gasteiger partial charge in [0.15, 0.2) is 5.11 Å². The third-order valence-electron chi connectivity index (χ3n) is 4.45. The molecule has 136 valence electrons. The summed E-state index contributed by atoms with van der Waals surface area (Å²) in [5.74, 6) is -0.427. The highest BCUT2D eigenvalue weighted by Gasteiger charge is 2.20. The molecule has 2 aromatic carbocycles. The monoisotopic (exact) mass is 390 g/mol. The van der Waals surface area contributed by atoms with Crippen LogP contribution in [-0.4, -0.2) is 42.7 Å². The third-order valence-corrected chi connectivity index (χ3v) is 5.09. The smallest absolute Gasteiger partial charge is 0.173 e. The molecule has 0 saturated carbocycles. The molecule has 1 aliphatic heterocycles. The molecule has 6 heteroatoms. The van der Waals surface area contributed by atoms with Gasteiger partial charge in [0.2, 0.25) is 0 Å². The molecule has 3 nitrogen and oxygen atoms in total. The fraction of sp³-hybridized carbons (Fsp3) is 0.250. The standard InChI is InChI=1S/C20H21ClFN3S/c21-18-15-17(8-9-19(18)22)23-20(26)25-13-11-24(12-14-25)10-4-7-16-5-2-1-3-6-16/h1-9,15H,10-14H2,(H,23,26)/p+1/b7-4+. The highest BCUT2D eigenvalue weighted by atomic mass is 35.5. The Morgan fingerprint density at radius 3 is 2.62 bits per heavy atom. The van der Waals surface area contributed by atoms with Crippen molar-refractivity contribution in [3.63, 3.8) is 0 Å². The summed E-state index contributed by atoms with van der Waals surface area (Å²) in [4.78, 5) is 3.69. The van der Waals surface area contributed by atoms with Crippen LogP contribution >= 0.6 is 23.8 Å². The number of nitrogens with one attached hydrogen (secondary N) is 2. The minimum Gasteiger partial charge on any atom is -0.338 e. The molecule has 0 bridgehead atoms. The highest BCUT2D eigenvalue weighted by Crippen LogP contribution is 2.19. The molecule has 0 amide bonds. The van der Waals surface area contributed by atoms with Crippen LogP contribution < -0.4 is 10.2 Å². The zero-order chi connectivity index (χ0) is 18.4. The van der Waals surface area contributed by atoms with Gasteiger partial charge in [0.25, 0.3) is 0 Å². The van der Waals surface area contributed by atoms with Crippen molar-refractivity contribution in [2.75, 3.05) is 38.0 Å². The second kappa shape index (κ2) is 9.12. The Bertz CT molecular complexity index is 774. The number of quaternary nitrogens is 1. The van der Waals surface area contributed by atoms with Crippen LogP contribution in [0, 0.1) is 5.82 Å². The van der Waals surface area contributed by atoms with Crippen molar-refractivity contribution in [3.8, 4) is 0 Å². The Morgan fingerprint density at radius 2 is 1.92 bits per heavy atom. The molecule has 0 radical (unpaired) electrons. The van der Waals surface area contributed by atoms with Gasteiger partial charge in [-0.25, -0.2) is 4.39 Å². The van der Waals surface area contributed by atoms with Crippen LogP contribution in [0.25, 0.3) is 6.08 Å². The highest BCUT2D eigenvalue weighted by molar-refractivity contribution is 7.80. The van der Waals surface area contributed by atoms with E-state index in [0.29, 0.717) is 10.8 Å². The van der Waals surface area contributed by atoms with Crippen molar-refractivity contribution in [2.24, 2.45) is 0 Å². The molecule has 0 spiro atoms. The van der Waals surface area contributed by atoms with E-state index < -0.39 is 5.82 Å². The second-order valence-corrected chi connectivity index (χ2v) is 7.11. The Morgan fingerprint density at radius 1 is 1.19 bits per heavy atom. The van der Waals surface area contributed by atoms with Gasteiger partial charge in [-0.05, 0) is 42.1 Å². The minimum absolute atomic E-state index is 0.0947. The lowest BCUT2D eigenvalue weighted by molar-refractivity contribution is -0.897. The summed E-state index contributed by atoms with van der Waals surface area (Å²) >= 11 is 11.3. The number of benzene rings is 2. The average molecular weight is 391 g/mol. The van der Waals surface area contributed by atoms with Crippen LogP contribution in [0.5, 0.6) is 0 Å². The van der Waals surface area contributed by atoms with Crippen molar-refractivity contribution in [1.29, 1.82) is 0 Å². The summed E-state index contributed by atoms with van der Waals surface area (Å²) in [7, 11) is 0. The van der Waals surface area contributed by atoms with Crippen LogP contribution in [0.4, 0.5) is 10.1 Å². The zero-order valence-corrected chi connectivity index (χ0v) is 16.0. The maximum Gasteiger partial charge on any atom is 0.173 e. The predicted molar refractivity (Wildman–Crippen MR) is 110 cm³/mol. The Balaban J connectivity index is 1.44. The van der Waals surface area contributed by atoms with Gasteiger partial charge in [-0.3, -0.25) is 0 Å². The molecule has 2 aromatic rings. The number of halogens is 2. The van der Waals surface area contributed by atoms with E-state index in [-0.39, 0.29) is 5.02 Å². The third kappa shape index (κ3) is 5.27. The molecule has 0 aromatic heterocycles. The summed E-state index contributed by atoms with van der Waals surface area (Å²) in [6, 6.07) is 14.9. The molecule has 26 heavy (non-hydrogen) atoms. The SMILES string of the molecule is Fc1ccc(NC(=S)N2CC[NH+](C/C=C/c3ccccc3)CC2)cc1Cl. The Kier molecular flexibility index (Phi) is 6.61. The molecular formula is C20H22ClFN3S+. The van der Waals surface area contributed by atoms with Gasteiger partial charge >= 0.3 is 0 Å². The molecule has 1 aliphatic rings. The largest absolute Gasteiger partial charge is 0.338 e. The Hall–Kier alpha value is -1.95. The molecule has 2 N–H and O–H groups in total. The van der Waals surface area contributed by atoms with Crippen molar-refractivity contribution >= 4 is 40.7 Å². The molecule has 1 fully saturated rings. The van der Waals surface area contributed by atoms with E-state index in [1.165, 1.54) is 11.6 Å². The quantitative estimate of drug-likeness (QED) is 0.783. The first-order valence-electron chi connectivity index (χ1n) is 8.68. The lowest BCUT2D eigenvalue weighted by Crippen LogP contribution is -3.14. The molecule has 0 unspecified atom stereocenters. The number of hydrogen-bond donors (Lipinski definition) is 2.